The van der Waals surface area contributed by atoms with Crippen molar-refractivity contribution in [2.24, 2.45) is 0 Å². The second-order valence-electron chi connectivity index (χ2n) is 8.71. The molecule has 0 saturated heterocycles. The van der Waals surface area contributed by atoms with E-state index in [0.717, 1.165) is 13.1 Å². The average Bonchev–Trinajstić information content (AvgIpc) is 2.77. The van der Waals surface area contributed by atoms with Crippen molar-refractivity contribution in [2.75, 3.05) is 13.1 Å². The van der Waals surface area contributed by atoms with E-state index in [1.807, 2.05) is 0 Å². The summed E-state index contributed by atoms with van der Waals surface area (Å²) in [6, 6.07) is 10.7. The van der Waals surface area contributed by atoms with Crippen LogP contribution in [0.5, 0.6) is 0 Å². The topological polar surface area (TPSA) is 24.1 Å². The molecule has 0 aliphatic heterocycles. The van der Waals surface area contributed by atoms with Gasteiger partial charge in [-0.15, -0.1) is 0 Å². The number of unbranched alkanes of at least 4 members (excludes halogenated alkanes) is 14. The van der Waals surface area contributed by atoms with E-state index in [1.54, 1.807) is 0 Å². The highest BCUT2D eigenvalue weighted by Gasteiger charge is 2.17. The van der Waals surface area contributed by atoms with Gasteiger partial charge in [-0.2, -0.15) is 0 Å². The maximum Gasteiger partial charge on any atom is 0.101 e. The van der Waals surface area contributed by atoms with Crippen LogP contribution in [0.25, 0.3) is 0 Å². The van der Waals surface area contributed by atoms with Crippen LogP contribution in [-0.2, 0) is 11.8 Å². The molecule has 1 aromatic rings. The molecular formula is C26H49N2PS. The minimum Gasteiger partial charge on any atom is -0.274 e. The first-order valence-corrected chi connectivity index (χ1v) is 15.7. The lowest BCUT2D eigenvalue weighted by molar-refractivity contribution is 0.571. The third kappa shape index (κ3) is 14.0. The summed E-state index contributed by atoms with van der Waals surface area (Å²) in [4.78, 5) is 0. The van der Waals surface area contributed by atoms with Crippen LogP contribution in [0.4, 0.5) is 0 Å². The lowest BCUT2D eigenvalue weighted by atomic mass is 10.1. The average molecular weight is 453 g/mol. The molecule has 2 N–H and O–H groups in total. The van der Waals surface area contributed by atoms with Gasteiger partial charge < -0.3 is 0 Å². The monoisotopic (exact) mass is 452 g/mol. The Kier molecular flexibility index (Phi) is 18.1. The minimum absolute atomic E-state index is 1.03. The summed E-state index contributed by atoms with van der Waals surface area (Å²) in [7, 11) is 0. The van der Waals surface area contributed by atoms with Crippen LogP contribution >= 0.6 is 6.34 Å². The first kappa shape index (κ1) is 27.8. The van der Waals surface area contributed by atoms with Crippen molar-refractivity contribution in [3.63, 3.8) is 0 Å². The predicted molar refractivity (Wildman–Crippen MR) is 142 cm³/mol. The van der Waals surface area contributed by atoms with Gasteiger partial charge in [0.2, 0.25) is 0 Å². The molecule has 2 nitrogen and oxygen atoms in total. The largest absolute Gasteiger partial charge is 0.274 e. The Hall–Kier alpha value is -0.210. The molecule has 0 unspecified atom stereocenters. The van der Waals surface area contributed by atoms with Gasteiger partial charge in [0.05, 0.1) is 0 Å². The quantitative estimate of drug-likeness (QED) is 0.146. The summed E-state index contributed by atoms with van der Waals surface area (Å²) in [6.07, 6.45) is 19.8. The molecule has 0 radical (unpaired) electrons. The molecule has 0 heterocycles. The van der Waals surface area contributed by atoms with E-state index < -0.39 is 6.34 Å². The lowest BCUT2D eigenvalue weighted by Crippen LogP contribution is -2.31. The van der Waals surface area contributed by atoms with Gasteiger partial charge in [-0.1, -0.05) is 146 Å². The molecule has 0 atom stereocenters. The Labute approximate surface area is 193 Å². The van der Waals surface area contributed by atoms with Crippen LogP contribution in [0.3, 0.4) is 0 Å². The Morgan fingerprint density at radius 2 is 0.933 bits per heavy atom. The van der Waals surface area contributed by atoms with Crippen molar-refractivity contribution < 1.29 is 0 Å². The number of benzene rings is 1. The zero-order valence-corrected chi connectivity index (χ0v) is 21.7. The van der Waals surface area contributed by atoms with Gasteiger partial charge >= 0.3 is 0 Å². The molecule has 0 saturated carbocycles. The molecule has 0 fully saturated rings. The second-order valence-corrected chi connectivity index (χ2v) is 12.7. The molecule has 0 aliphatic carbocycles. The van der Waals surface area contributed by atoms with Crippen LogP contribution in [0.2, 0.25) is 0 Å². The normalized spacial score (nSPS) is 11.8. The number of hydrogen-bond acceptors (Lipinski definition) is 1. The van der Waals surface area contributed by atoms with Gasteiger partial charge in [-0.25, -0.2) is 0 Å². The van der Waals surface area contributed by atoms with E-state index in [1.165, 1.54) is 108 Å². The molecule has 30 heavy (non-hydrogen) atoms. The van der Waals surface area contributed by atoms with Gasteiger partial charge in [0.1, 0.15) is 6.34 Å². The Morgan fingerprint density at radius 3 is 1.33 bits per heavy atom. The first-order valence-electron chi connectivity index (χ1n) is 12.9. The summed E-state index contributed by atoms with van der Waals surface area (Å²) in [5, 5.41) is 8.80. The zero-order valence-electron chi connectivity index (χ0n) is 20.0. The molecule has 0 aromatic heterocycles. The molecule has 0 spiro atoms. The van der Waals surface area contributed by atoms with Crippen LogP contribution in [0, 0.1) is 0 Å². The second kappa shape index (κ2) is 19.5. The van der Waals surface area contributed by atoms with E-state index in [4.69, 9.17) is 11.8 Å². The smallest absolute Gasteiger partial charge is 0.101 e. The van der Waals surface area contributed by atoms with E-state index in [-0.39, 0.29) is 0 Å². The van der Waals surface area contributed by atoms with Crippen molar-refractivity contribution in [3.8, 4) is 0 Å². The highest BCUT2D eigenvalue weighted by molar-refractivity contribution is 8.16. The third-order valence-corrected chi connectivity index (χ3v) is 9.62. The molecule has 0 amide bonds. The fourth-order valence-electron chi connectivity index (χ4n) is 3.87. The molecule has 1 aromatic carbocycles. The van der Waals surface area contributed by atoms with Crippen molar-refractivity contribution >= 4 is 23.5 Å². The van der Waals surface area contributed by atoms with Gasteiger partial charge in [-0.05, 0) is 12.8 Å². The Balaban J connectivity index is 2.26. The number of rotatable bonds is 21. The molecule has 0 bridgehead atoms. The molecule has 0 aliphatic rings. The third-order valence-electron chi connectivity index (χ3n) is 5.85. The van der Waals surface area contributed by atoms with E-state index in [0.29, 0.717) is 0 Å². The highest BCUT2D eigenvalue weighted by atomic mass is 32.4. The van der Waals surface area contributed by atoms with Crippen LogP contribution in [-0.4, -0.2) is 13.1 Å². The maximum atomic E-state index is 6.15. The van der Waals surface area contributed by atoms with Crippen molar-refractivity contribution in [2.45, 2.75) is 117 Å². The molecule has 1 rings (SSSR count). The van der Waals surface area contributed by atoms with Crippen LogP contribution in [0.1, 0.15) is 117 Å². The molecule has 4 heteroatoms. The lowest BCUT2D eigenvalue weighted by Gasteiger charge is -2.25. The Morgan fingerprint density at radius 1 is 0.567 bits per heavy atom. The van der Waals surface area contributed by atoms with Gasteiger partial charge in [0.15, 0.2) is 0 Å². The standard InChI is InChI=1S/C26H49N2PS/c1-3-5-7-9-11-13-15-20-24-27-29(30,26-22-18-17-19-23-26)28-25-21-16-14-12-10-8-6-4-2/h17-19,22-23H,3-16,20-21,24-25H2,1-2H3,(H2,27,28,30). The van der Waals surface area contributed by atoms with E-state index in [9.17, 15) is 0 Å². The van der Waals surface area contributed by atoms with Crippen LogP contribution < -0.4 is 15.5 Å². The fourth-order valence-corrected chi connectivity index (χ4v) is 6.80. The van der Waals surface area contributed by atoms with Gasteiger partial charge in [-0.3, -0.25) is 10.2 Å². The summed E-state index contributed by atoms with van der Waals surface area (Å²) < 4.78 is 0. The summed E-state index contributed by atoms with van der Waals surface area (Å²) in [6.45, 7) is 6.63. The van der Waals surface area contributed by atoms with Gasteiger partial charge in [0, 0.05) is 18.4 Å². The van der Waals surface area contributed by atoms with Gasteiger partial charge in [0.25, 0.3) is 0 Å². The first-order chi connectivity index (χ1) is 14.7. The van der Waals surface area contributed by atoms with E-state index >= 15 is 0 Å². The number of nitrogens with one attached hydrogen (secondary N) is 2. The van der Waals surface area contributed by atoms with E-state index in [2.05, 4.69) is 54.4 Å². The minimum atomic E-state index is -1.88. The summed E-state index contributed by atoms with van der Waals surface area (Å²) in [5.74, 6) is 0. The maximum absolute atomic E-state index is 6.15. The predicted octanol–water partition coefficient (Wildman–Crippen LogP) is 8.08. The van der Waals surface area contributed by atoms with Crippen molar-refractivity contribution in [1.82, 2.24) is 10.2 Å². The summed E-state index contributed by atoms with van der Waals surface area (Å²) in [5.41, 5.74) is 0. The van der Waals surface area contributed by atoms with Crippen molar-refractivity contribution in [1.29, 1.82) is 0 Å². The zero-order chi connectivity index (χ0) is 21.8. The molecule has 174 valence electrons. The number of hydrogen-bond donors (Lipinski definition) is 2. The SMILES string of the molecule is CCCCCCCCCCNP(=S)(NCCCCCCCCCC)c1ccccc1. The fraction of sp³-hybridized carbons (Fsp3) is 0.769. The molecular weight excluding hydrogens is 403 g/mol. The van der Waals surface area contributed by atoms with Crippen LogP contribution in [0.15, 0.2) is 30.3 Å². The van der Waals surface area contributed by atoms with Crippen molar-refractivity contribution in [3.05, 3.63) is 30.3 Å². The highest BCUT2D eigenvalue weighted by Crippen LogP contribution is 2.35. The Bertz CT molecular complexity index is 509. The summed E-state index contributed by atoms with van der Waals surface area (Å²) >= 11 is 6.15.